The molecule has 2 nitrogen and oxygen atoms in total. The number of thiophene rings is 1. The number of nitrogens with one attached hydrogen (secondary N) is 1. The van der Waals surface area contributed by atoms with E-state index < -0.39 is 0 Å². The molecule has 2 N–H and O–H groups in total. The van der Waals surface area contributed by atoms with Crippen molar-refractivity contribution in [3.8, 4) is 0 Å². The summed E-state index contributed by atoms with van der Waals surface area (Å²) in [6.45, 7) is 4.84. The van der Waals surface area contributed by atoms with E-state index >= 15 is 0 Å². The van der Waals surface area contributed by atoms with Crippen LogP contribution >= 0.6 is 11.3 Å². The maximum atomic E-state index is 9.06. The first kappa shape index (κ1) is 10.7. The van der Waals surface area contributed by atoms with Crippen molar-refractivity contribution in [2.75, 3.05) is 6.54 Å². The van der Waals surface area contributed by atoms with Crippen molar-refractivity contribution in [3.05, 3.63) is 22.4 Å². The fourth-order valence-electron chi connectivity index (χ4n) is 1.15. The summed E-state index contributed by atoms with van der Waals surface area (Å²) in [5, 5.41) is 14.5. The van der Waals surface area contributed by atoms with Gasteiger partial charge < -0.3 is 10.4 Å². The van der Waals surface area contributed by atoms with E-state index in [0.717, 1.165) is 13.0 Å². The minimum absolute atomic E-state index is 0.206. The molecule has 0 spiro atoms. The van der Waals surface area contributed by atoms with Gasteiger partial charge in [0.05, 0.1) is 6.10 Å². The van der Waals surface area contributed by atoms with Crippen LogP contribution in [0.15, 0.2) is 17.5 Å². The standard InChI is InChI=1S/C10H17NOS/c1-8(12)5-6-11-9(2)10-4-3-7-13-10/h3-4,7-9,11-12H,5-6H2,1-2H3. The number of hydrogen-bond acceptors (Lipinski definition) is 3. The molecule has 0 aromatic carbocycles. The van der Waals surface area contributed by atoms with E-state index in [0.29, 0.717) is 6.04 Å². The van der Waals surface area contributed by atoms with Crippen LogP contribution in [0.3, 0.4) is 0 Å². The second kappa shape index (κ2) is 5.37. The minimum atomic E-state index is -0.206. The predicted octanol–water partition coefficient (Wildman–Crippen LogP) is 2.17. The van der Waals surface area contributed by atoms with Crippen molar-refractivity contribution in [2.45, 2.75) is 32.4 Å². The third kappa shape index (κ3) is 3.89. The zero-order chi connectivity index (χ0) is 9.68. The second-order valence-corrected chi connectivity index (χ2v) is 4.31. The monoisotopic (exact) mass is 199 g/mol. The van der Waals surface area contributed by atoms with Gasteiger partial charge in [0.1, 0.15) is 0 Å². The molecule has 74 valence electrons. The smallest absolute Gasteiger partial charge is 0.0524 e. The Morgan fingerprint density at radius 3 is 2.85 bits per heavy atom. The molecule has 0 amide bonds. The van der Waals surface area contributed by atoms with E-state index in [1.54, 1.807) is 11.3 Å². The lowest BCUT2D eigenvalue weighted by Gasteiger charge is -2.12. The summed E-state index contributed by atoms with van der Waals surface area (Å²) < 4.78 is 0. The Morgan fingerprint density at radius 1 is 1.54 bits per heavy atom. The van der Waals surface area contributed by atoms with Crippen LogP contribution in [0.25, 0.3) is 0 Å². The van der Waals surface area contributed by atoms with Crippen LogP contribution in [-0.2, 0) is 0 Å². The molecular formula is C10H17NOS. The van der Waals surface area contributed by atoms with Crippen molar-refractivity contribution in [1.82, 2.24) is 5.32 Å². The maximum absolute atomic E-state index is 9.06. The Kier molecular flexibility index (Phi) is 4.42. The summed E-state index contributed by atoms with van der Waals surface area (Å²) >= 11 is 1.76. The van der Waals surface area contributed by atoms with Crippen molar-refractivity contribution in [3.63, 3.8) is 0 Å². The quantitative estimate of drug-likeness (QED) is 0.761. The van der Waals surface area contributed by atoms with Gasteiger partial charge in [0.2, 0.25) is 0 Å². The fraction of sp³-hybridized carbons (Fsp3) is 0.600. The van der Waals surface area contributed by atoms with Crippen LogP contribution < -0.4 is 5.32 Å². The van der Waals surface area contributed by atoms with E-state index in [-0.39, 0.29) is 6.10 Å². The first-order valence-electron chi connectivity index (χ1n) is 4.65. The molecule has 0 saturated carbocycles. The number of rotatable bonds is 5. The highest BCUT2D eigenvalue weighted by Gasteiger charge is 2.05. The summed E-state index contributed by atoms with van der Waals surface area (Å²) in [5.74, 6) is 0. The van der Waals surface area contributed by atoms with Gasteiger partial charge in [-0.15, -0.1) is 11.3 Å². The number of aliphatic hydroxyl groups is 1. The molecule has 1 rings (SSSR count). The Hall–Kier alpha value is -0.380. The van der Waals surface area contributed by atoms with E-state index in [4.69, 9.17) is 5.11 Å². The molecule has 0 bridgehead atoms. The van der Waals surface area contributed by atoms with E-state index in [2.05, 4.69) is 29.8 Å². The minimum Gasteiger partial charge on any atom is -0.393 e. The fourth-order valence-corrected chi connectivity index (χ4v) is 1.91. The Labute approximate surface area is 83.6 Å². The van der Waals surface area contributed by atoms with Gasteiger partial charge in [-0.05, 0) is 38.3 Å². The van der Waals surface area contributed by atoms with Gasteiger partial charge in [0.15, 0.2) is 0 Å². The average Bonchev–Trinajstić information content (AvgIpc) is 2.55. The summed E-state index contributed by atoms with van der Waals surface area (Å²) in [5.41, 5.74) is 0. The van der Waals surface area contributed by atoms with E-state index in [9.17, 15) is 0 Å². The van der Waals surface area contributed by atoms with Crippen molar-refractivity contribution >= 4 is 11.3 Å². The third-order valence-electron chi connectivity index (χ3n) is 1.98. The molecule has 0 aliphatic heterocycles. The van der Waals surface area contributed by atoms with Crippen LogP contribution in [0.2, 0.25) is 0 Å². The molecule has 1 heterocycles. The number of aliphatic hydroxyl groups excluding tert-OH is 1. The Balaban J connectivity index is 2.22. The van der Waals surface area contributed by atoms with Crippen LogP contribution in [0.5, 0.6) is 0 Å². The molecule has 2 atom stereocenters. The van der Waals surface area contributed by atoms with Gasteiger partial charge >= 0.3 is 0 Å². The molecule has 0 saturated heterocycles. The molecule has 1 aromatic rings. The molecule has 1 aromatic heterocycles. The largest absolute Gasteiger partial charge is 0.393 e. The van der Waals surface area contributed by atoms with E-state index in [1.807, 2.05) is 6.92 Å². The SMILES string of the molecule is CC(O)CCNC(C)c1cccs1. The lowest BCUT2D eigenvalue weighted by molar-refractivity contribution is 0.182. The lowest BCUT2D eigenvalue weighted by atomic mass is 10.2. The zero-order valence-corrected chi connectivity index (χ0v) is 8.97. The molecule has 0 fully saturated rings. The van der Waals surface area contributed by atoms with Crippen molar-refractivity contribution in [2.24, 2.45) is 0 Å². The topological polar surface area (TPSA) is 32.3 Å². The average molecular weight is 199 g/mol. The predicted molar refractivity (Wildman–Crippen MR) is 57.0 cm³/mol. The van der Waals surface area contributed by atoms with Gasteiger partial charge in [-0.1, -0.05) is 6.07 Å². The van der Waals surface area contributed by atoms with Gasteiger partial charge in [-0.3, -0.25) is 0 Å². The molecule has 2 unspecified atom stereocenters. The molecule has 13 heavy (non-hydrogen) atoms. The van der Waals surface area contributed by atoms with Crippen LogP contribution in [-0.4, -0.2) is 17.8 Å². The molecule has 3 heteroatoms. The molecule has 0 aliphatic carbocycles. The highest BCUT2D eigenvalue weighted by atomic mass is 32.1. The van der Waals surface area contributed by atoms with E-state index in [1.165, 1.54) is 4.88 Å². The zero-order valence-electron chi connectivity index (χ0n) is 8.16. The molecule has 0 radical (unpaired) electrons. The second-order valence-electron chi connectivity index (χ2n) is 3.33. The summed E-state index contributed by atoms with van der Waals surface area (Å²) in [6.07, 6.45) is 0.610. The third-order valence-corrected chi connectivity index (χ3v) is 3.04. The number of hydrogen-bond donors (Lipinski definition) is 2. The normalized spacial score (nSPS) is 15.6. The van der Waals surface area contributed by atoms with Gasteiger partial charge in [-0.25, -0.2) is 0 Å². The highest BCUT2D eigenvalue weighted by molar-refractivity contribution is 7.10. The first-order chi connectivity index (χ1) is 6.20. The van der Waals surface area contributed by atoms with Crippen LogP contribution in [0, 0.1) is 0 Å². The molecule has 0 aliphatic rings. The first-order valence-corrected chi connectivity index (χ1v) is 5.53. The summed E-state index contributed by atoms with van der Waals surface area (Å²) in [4.78, 5) is 1.35. The van der Waals surface area contributed by atoms with Crippen LogP contribution in [0.4, 0.5) is 0 Å². The lowest BCUT2D eigenvalue weighted by Crippen LogP contribution is -2.21. The van der Waals surface area contributed by atoms with Gasteiger partial charge in [0.25, 0.3) is 0 Å². The van der Waals surface area contributed by atoms with Crippen LogP contribution in [0.1, 0.15) is 31.2 Å². The highest BCUT2D eigenvalue weighted by Crippen LogP contribution is 2.17. The Morgan fingerprint density at radius 2 is 2.31 bits per heavy atom. The summed E-state index contributed by atoms with van der Waals surface area (Å²) in [6, 6.07) is 4.59. The maximum Gasteiger partial charge on any atom is 0.0524 e. The van der Waals surface area contributed by atoms with Gasteiger partial charge in [-0.2, -0.15) is 0 Å². The Bertz CT molecular complexity index is 221. The summed E-state index contributed by atoms with van der Waals surface area (Å²) in [7, 11) is 0. The van der Waals surface area contributed by atoms with Crippen molar-refractivity contribution in [1.29, 1.82) is 0 Å². The van der Waals surface area contributed by atoms with Gasteiger partial charge in [0, 0.05) is 10.9 Å². The van der Waals surface area contributed by atoms with Crippen molar-refractivity contribution < 1.29 is 5.11 Å². The molecular weight excluding hydrogens is 182 g/mol.